The molecule has 0 radical (unpaired) electrons. The van der Waals surface area contributed by atoms with Gasteiger partial charge in [-0.25, -0.2) is 8.70 Å². The maximum absolute atomic E-state index is 13.6. The molecule has 5 heteroatoms. The van der Waals surface area contributed by atoms with E-state index < -0.39 is 4.75 Å². The van der Waals surface area contributed by atoms with Crippen LogP contribution in [0.3, 0.4) is 0 Å². The topological polar surface area (TPSA) is 15.6 Å². The lowest BCUT2D eigenvalue weighted by molar-refractivity contribution is 0.523. The molecule has 2 aromatic carbocycles. The van der Waals surface area contributed by atoms with E-state index in [0.29, 0.717) is 12.1 Å². The Hall–Kier alpha value is -1.30. The Kier molecular flexibility index (Phi) is 3.55. The first-order valence-corrected chi connectivity index (χ1v) is 9.00. The average molecular weight is 344 g/mol. The van der Waals surface area contributed by atoms with E-state index in [9.17, 15) is 3.89 Å². The standard InChI is InChI=1S/C18H17FN2S2/c1-18(2,22-19)14-10-6-9-12-11-7-4-5-8-13(11)16-17(15(12)14)21(3)23-20-16/h4-10,17H,1-3H3. The summed E-state index contributed by atoms with van der Waals surface area (Å²) in [5.41, 5.74) is 6.88. The fourth-order valence-corrected chi connectivity index (χ4v) is 4.47. The first-order chi connectivity index (χ1) is 11.0. The molecule has 0 N–H and O–H groups in total. The number of halogens is 1. The minimum atomic E-state index is -0.586. The van der Waals surface area contributed by atoms with E-state index in [2.05, 4.69) is 46.1 Å². The molecular weight excluding hydrogens is 327 g/mol. The highest BCUT2D eigenvalue weighted by molar-refractivity contribution is 7.96. The zero-order valence-electron chi connectivity index (χ0n) is 13.2. The smallest absolute Gasteiger partial charge is 0.0910 e. The fourth-order valence-electron chi connectivity index (χ4n) is 3.50. The molecule has 0 spiro atoms. The van der Waals surface area contributed by atoms with Gasteiger partial charge < -0.3 is 0 Å². The Morgan fingerprint density at radius 1 is 1.09 bits per heavy atom. The second kappa shape index (κ2) is 5.36. The van der Waals surface area contributed by atoms with Crippen molar-refractivity contribution in [2.24, 2.45) is 4.40 Å². The largest absolute Gasteiger partial charge is 0.220 e. The van der Waals surface area contributed by atoms with Crippen LogP contribution in [-0.4, -0.2) is 17.1 Å². The number of hydrogen-bond acceptors (Lipinski definition) is 4. The van der Waals surface area contributed by atoms with Gasteiger partial charge in [-0.1, -0.05) is 42.5 Å². The van der Waals surface area contributed by atoms with Crippen molar-refractivity contribution in [2.45, 2.75) is 24.6 Å². The molecule has 1 unspecified atom stereocenters. The van der Waals surface area contributed by atoms with Crippen LogP contribution in [0.4, 0.5) is 3.89 Å². The van der Waals surface area contributed by atoms with Crippen LogP contribution in [0.15, 0.2) is 46.9 Å². The zero-order chi connectivity index (χ0) is 16.2. The third kappa shape index (κ3) is 2.17. The average Bonchev–Trinajstić information content (AvgIpc) is 2.96. The van der Waals surface area contributed by atoms with Crippen molar-refractivity contribution in [3.05, 3.63) is 59.2 Å². The van der Waals surface area contributed by atoms with Crippen LogP contribution >= 0.6 is 24.3 Å². The first kappa shape index (κ1) is 15.2. The molecule has 23 heavy (non-hydrogen) atoms. The second-order valence-corrected chi connectivity index (χ2v) is 8.50. The second-order valence-electron chi connectivity index (χ2n) is 6.41. The van der Waals surface area contributed by atoms with Crippen LogP contribution < -0.4 is 0 Å². The molecule has 0 saturated heterocycles. The van der Waals surface area contributed by atoms with Gasteiger partial charge in [0.2, 0.25) is 0 Å². The number of nitrogens with zero attached hydrogens (tertiary/aromatic N) is 2. The highest BCUT2D eigenvalue weighted by atomic mass is 32.2. The van der Waals surface area contributed by atoms with Gasteiger partial charge in [0.1, 0.15) is 0 Å². The summed E-state index contributed by atoms with van der Waals surface area (Å²) in [6.07, 6.45) is 0. The molecule has 2 aliphatic rings. The van der Waals surface area contributed by atoms with Gasteiger partial charge in [-0.3, -0.25) is 0 Å². The Balaban J connectivity index is 2.07. The molecule has 0 saturated carbocycles. The van der Waals surface area contributed by atoms with Gasteiger partial charge in [-0.2, -0.15) is 3.89 Å². The first-order valence-electron chi connectivity index (χ1n) is 7.55. The van der Waals surface area contributed by atoms with E-state index in [4.69, 9.17) is 0 Å². The predicted molar refractivity (Wildman–Crippen MR) is 98.2 cm³/mol. The molecule has 1 aliphatic carbocycles. The zero-order valence-corrected chi connectivity index (χ0v) is 14.8. The summed E-state index contributed by atoms with van der Waals surface area (Å²) in [5.74, 6) is 0. The summed E-state index contributed by atoms with van der Waals surface area (Å²) < 4.78 is 19.9. The van der Waals surface area contributed by atoms with E-state index in [-0.39, 0.29) is 6.04 Å². The van der Waals surface area contributed by atoms with E-state index in [1.165, 1.54) is 34.4 Å². The van der Waals surface area contributed by atoms with Crippen LogP contribution in [-0.2, 0) is 4.75 Å². The Bertz CT molecular complexity index is 816. The molecule has 0 amide bonds. The highest BCUT2D eigenvalue weighted by Crippen LogP contribution is 2.51. The molecule has 0 bridgehead atoms. The summed E-state index contributed by atoms with van der Waals surface area (Å²) in [4.78, 5) is 0. The van der Waals surface area contributed by atoms with Crippen LogP contribution in [0, 0.1) is 0 Å². The summed E-state index contributed by atoms with van der Waals surface area (Å²) in [6.45, 7) is 3.87. The summed E-state index contributed by atoms with van der Waals surface area (Å²) >= 11 is 1.88. The Labute approximate surface area is 144 Å². The molecule has 2 nitrogen and oxygen atoms in total. The van der Waals surface area contributed by atoms with Crippen molar-refractivity contribution in [1.29, 1.82) is 0 Å². The van der Waals surface area contributed by atoms with Gasteiger partial charge in [0.05, 0.1) is 40.8 Å². The van der Waals surface area contributed by atoms with E-state index >= 15 is 0 Å². The molecule has 1 heterocycles. The molecule has 4 rings (SSSR count). The molecule has 0 fully saturated rings. The minimum absolute atomic E-state index is 0.0764. The van der Waals surface area contributed by atoms with Gasteiger partial charge in [0, 0.05) is 12.6 Å². The third-order valence-corrected chi connectivity index (χ3v) is 5.96. The predicted octanol–water partition coefficient (Wildman–Crippen LogP) is 5.56. The molecular formula is C18H17FN2S2. The van der Waals surface area contributed by atoms with Crippen molar-refractivity contribution in [3.8, 4) is 11.1 Å². The number of rotatable bonds is 2. The lowest BCUT2D eigenvalue weighted by atomic mass is 9.77. The maximum atomic E-state index is 13.6. The van der Waals surface area contributed by atoms with Crippen LogP contribution in [0.25, 0.3) is 11.1 Å². The van der Waals surface area contributed by atoms with Crippen molar-refractivity contribution in [1.82, 2.24) is 4.31 Å². The molecule has 0 aromatic heterocycles. The normalized spacial score (nSPS) is 19.8. The molecule has 1 atom stereocenters. The SMILES string of the molecule is CN1SN=C2c3ccccc3-c3cccc(C(C)(C)SF)c3C21. The Morgan fingerprint density at radius 2 is 1.78 bits per heavy atom. The van der Waals surface area contributed by atoms with Gasteiger partial charge >= 0.3 is 0 Å². The van der Waals surface area contributed by atoms with Gasteiger partial charge in [-0.05, 0) is 36.1 Å². The fraction of sp³-hybridized carbons (Fsp3) is 0.278. The van der Waals surface area contributed by atoms with E-state index in [1.54, 1.807) is 0 Å². The quantitative estimate of drug-likeness (QED) is 0.663. The van der Waals surface area contributed by atoms with Crippen molar-refractivity contribution < 1.29 is 3.89 Å². The number of hydrogen-bond donors (Lipinski definition) is 0. The number of likely N-dealkylation sites (N-methyl/N-ethyl adjacent to an activating group) is 1. The Morgan fingerprint density at radius 3 is 2.52 bits per heavy atom. The minimum Gasteiger partial charge on any atom is -0.220 e. The maximum Gasteiger partial charge on any atom is 0.0910 e. The molecule has 2 aromatic rings. The molecule has 1 aliphatic heterocycles. The molecule has 118 valence electrons. The van der Waals surface area contributed by atoms with E-state index in [1.807, 2.05) is 26.0 Å². The van der Waals surface area contributed by atoms with Crippen molar-refractivity contribution in [3.63, 3.8) is 0 Å². The lowest BCUT2D eigenvalue weighted by Gasteiger charge is -2.34. The van der Waals surface area contributed by atoms with Crippen LogP contribution in [0.2, 0.25) is 0 Å². The van der Waals surface area contributed by atoms with Crippen molar-refractivity contribution in [2.75, 3.05) is 7.05 Å². The lowest BCUT2D eigenvalue weighted by Crippen LogP contribution is -2.29. The highest BCUT2D eigenvalue weighted by Gasteiger charge is 2.41. The van der Waals surface area contributed by atoms with Gasteiger partial charge in [0.25, 0.3) is 0 Å². The van der Waals surface area contributed by atoms with Gasteiger partial charge in [0.15, 0.2) is 0 Å². The number of benzene rings is 2. The summed E-state index contributed by atoms with van der Waals surface area (Å²) in [6, 6.07) is 14.7. The van der Waals surface area contributed by atoms with Crippen LogP contribution in [0.5, 0.6) is 0 Å². The van der Waals surface area contributed by atoms with E-state index in [0.717, 1.165) is 11.3 Å². The summed E-state index contributed by atoms with van der Waals surface area (Å²) in [7, 11) is 2.05. The van der Waals surface area contributed by atoms with Crippen molar-refractivity contribution >= 4 is 30.0 Å². The van der Waals surface area contributed by atoms with Gasteiger partial charge in [-0.15, -0.1) is 0 Å². The number of fused-ring (bicyclic) bond motifs is 6. The van der Waals surface area contributed by atoms with Crippen LogP contribution in [0.1, 0.15) is 36.6 Å². The summed E-state index contributed by atoms with van der Waals surface area (Å²) in [5, 5.41) is 0. The third-order valence-electron chi connectivity index (χ3n) is 4.60. The monoisotopic (exact) mass is 344 g/mol.